The summed E-state index contributed by atoms with van der Waals surface area (Å²) in [6.07, 6.45) is 2.01. The third-order valence-electron chi connectivity index (χ3n) is 4.70. The molecule has 1 atom stereocenters. The van der Waals surface area contributed by atoms with E-state index in [-0.39, 0.29) is 18.3 Å². The molecule has 120 valence electrons. The van der Waals surface area contributed by atoms with Crippen LogP contribution in [0.3, 0.4) is 0 Å². The Morgan fingerprint density at radius 2 is 2.22 bits per heavy atom. The number of carbonyl (C=O) groups excluding carboxylic acids is 1. The van der Waals surface area contributed by atoms with Gasteiger partial charge in [0.05, 0.1) is 24.0 Å². The van der Waals surface area contributed by atoms with Crippen LogP contribution in [0.5, 0.6) is 0 Å². The lowest BCUT2D eigenvalue weighted by atomic mass is 10.1. The number of carbonyl (C=O) groups is 1. The van der Waals surface area contributed by atoms with Crippen LogP contribution in [-0.2, 0) is 11.3 Å². The van der Waals surface area contributed by atoms with E-state index in [0.717, 1.165) is 42.9 Å². The van der Waals surface area contributed by atoms with Gasteiger partial charge in [0.15, 0.2) is 5.69 Å². The Kier molecular flexibility index (Phi) is 3.34. The van der Waals surface area contributed by atoms with Crippen LogP contribution in [0, 0.1) is 0 Å². The normalized spacial score (nSPS) is 19.6. The molecule has 0 unspecified atom stereocenters. The molecule has 1 aromatic heterocycles. The van der Waals surface area contributed by atoms with Gasteiger partial charge in [-0.2, -0.15) is 0 Å². The molecule has 3 heterocycles. The smallest absolute Gasteiger partial charge is 0.356 e. The second-order valence-electron chi connectivity index (χ2n) is 6.00. The molecule has 2 aliphatic rings. The van der Waals surface area contributed by atoms with E-state index in [1.165, 1.54) is 0 Å². The summed E-state index contributed by atoms with van der Waals surface area (Å²) < 4.78 is 6.81. The van der Waals surface area contributed by atoms with Gasteiger partial charge in [-0.15, -0.1) is 0 Å². The summed E-state index contributed by atoms with van der Waals surface area (Å²) in [7, 11) is 0. The third kappa shape index (κ3) is 2.13. The highest BCUT2D eigenvalue weighted by Crippen LogP contribution is 2.38. The van der Waals surface area contributed by atoms with Gasteiger partial charge in [-0.3, -0.25) is 14.5 Å². The van der Waals surface area contributed by atoms with Crippen LogP contribution in [0.2, 0.25) is 0 Å². The summed E-state index contributed by atoms with van der Waals surface area (Å²) >= 11 is 0. The maximum atomic E-state index is 12.6. The first kappa shape index (κ1) is 14.3. The minimum absolute atomic E-state index is 0.0701. The quantitative estimate of drug-likeness (QED) is 0.861. The van der Waals surface area contributed by atoms with Crippen molar-refractivity contribution in [3.8, 4) is 5.69 Å². The fourth-order valence-electron chi connectivity index (χ4n) is 3.77. The fraction of sp³-hybridized carbons (Fsp3) is 0.412. The Balaban J connectivity index is 1.98. The Morgan fingerprint density at radius 1 is 1.39 bits per heavy atom. The van der Waals surface area contributed by atoms with Gasteiger partial charge < -0.3 is 4.74 Å². The molecule has 0 radical (unpaired) electrons. The van der Waals surface area contributed by atoms with Crippen LogP contribution in [0.4, 0.5) is 0 Å². The molecule has 2 aromatic rings. The van der Waals surface area contributed by atoms with Crippen LogP contribution in [0.25, 0.3) is 5.69 Å². The number of ether oxygens (including phenoxy) is 1. The SMILES string of the molecule is CCOC(=O)c1[nH]c(=O)n2c1[C@@H]1CCCN1Cc1ccccc1-2. The van der Waals surface area contributed by atoms with Gasteiger partial charge in [0.25, 0.3) is 0 Å². The average Bonchev–Trinajstić information content (AvgIpc) is 3.09. The summed E-state index contributed by atoms with van der Waals surface area (Å²) in [5.41, 5.74) is 2.73. The van der Waals surface area contributed by atoms with E-state index in [2.05, 4.69) is 9.88 Å². The summed E-state index contributed by atoms with van der Waals surface area (Å²) in [4.78, 5) is 30.0. The predicted octanol–water partition coefficient (Wildman–Crippen LogP) is 1.99. The summed E-state index contributed by atoms with van der Waals surface area (Å²) in [5, 5.41) is 0. The molecule has 1 N–H and O–H groups in total. The zero-order valence-electron chi connectivity index (χ0n) is 13.0. The Labute approximate surface area is 133 Å². The average molecular weight is 313 g/mol. The summed E-state index contributed by atoms with van der Waals surface area (Å²) in [5.74, 6) is -0.454. The number of para-hydroxylation sites is 1. The third-order valence-corrected chi connectivity index (χ3v) is 4.70. The van der Waals surface area contributed by atoms with Gasteiger partial charge in [0.2, 0.25) is 0 Å². The van der Waals surface area contributed by atoms with Crippen molar-refractivity contribution in [2.24, 2.45) is 0 Å². The predicted molar refractivity (Wildman–Crippen MR) is 84.7 cm³/mol. The molecule has 0 saturated carbocycles. The minimum atomic E-state index is -0.454. The van der Waals surface area contributed by atoms with Gasteiger partial charge in [-0.1, -0.05) is 18.2 Å². The van der Waals surface area contributed by atoms with E-state index in [9.17, 15) is 9.59 Å². The Morgan fingerprint density at radius 3 is 3.04 bits per heavy atom. The number of imidazole rings is 1. The van der Waals surface area contributed by atoms with E-state index < -0.39 is 5.97 Å². The lowest BCUT2D eigenvalue weighted by molar-refractivity contribution is 0.0516. The van der Waals surface area contributed by atoms with Gasteiger partial charge in [-0.05, 0) is 37.9 Å². The molecule has 1 fully saturated rings. The fourth-order valence-corrected chi connectivity index (χ4v) is 3.77. The Bertz CT molecular complexity index is 821. The van der Waals surface area contributed by atoms with Crippen LogP contribution >= 0.6 is 0 Å². The van der Waals surface area contributed by atoms with Crippen molar-refractivity contribution in [3.05, 3.63) is 51.7 Å². The number of fused-ring (bicyclic) bond motifs is 5. The van der Waals surface area contributed by atoms with Crippen molar-refractivity contribution in [3.63, 3.8) is 0 Å². The van der Waals surface area contributed by atoms with E-state index in [0.29, 0.717) is 5.69 Å². The lowest BCUT2D eigenvalue weighted by Crippen LogP contribution is -2.24. The molecule has 23 heavy (non-hydrogen) atoms. The van der Waals surface area contributed by atoms with Crippen LogP contribution in [0.1, 0.15) is 47.6 Å². The molecule has 0 aliphatic carbocycles. The van der Waals surface area contributed by atoms with Gasteiger partial charge in [0.1, 0.15) is 0 Å². The zero-order chi connectivity index (χ0) is 16.0. The first-order chi connectivity index (χ1) is 11.2. The second kappa shape index (κ2) is 5.38. The maximum absolute atomic E-state index is 12.6. The first-order valence-corrected chi connectivity index (χ1v) is 8.05. The number of aromatic amines is 1. The molecule has 6 heteroatoms. The monoisotopic (exact) mass is 313 g/mol. The standard InChI is InChI=1S/C17H19N3O3/c1-2-23-16(21)14-15-13-8-5-9-19(13)10-11-6-3-4-7-12(11)20(15)17(22)18-14/h3-4,6-7,13H,2,5,8-10H2,1H3,(H,18,22)/t13-/m0/s1. The van der Waals surface area contributed by atoms with Crippen molar-refractivity contribution < 1.29 is 9.53 Å². The maximum Gasteiger partial charge on any atom is 0.356 e. The highest BCUT2D eigenvalue weighted by atomic mass is 16.5. The number of aromatic nitrogens is 2. The zero-order valence-corrected chi connectivity index (χ0v) is 13.0. The molecule has 0 spiro atoms. The Hall–Kier alpha value is -2.34. The van der Waals surface area contributed by atoms with E-state index in [4.69, 9.17) is 4.74 Å². The van der Waals surface area contributed by atoms with Crippen molar-refractivity contribution in [1.29, 1.82) is 0 Å². The molecule has 0 amide bonds. The molecule has 6 nitrogen and oxygen atoms in total. The molecule has 1 aromatic carbocycles. The summed E-state index contributed by atoms with van der Waals surface area (Å²) in [6.45, 7) is 3.82. The van der Waals surface area contributed by atoms with E-state index in [1.807, 2.05) is 24.3 Å². The number of benzene rings is 1. The molecular formula is C17H19N3O3. The van der Waals surface area contributed by atoms with E-state index in [1.54, 1.807) is 11.5 Å². The minimum Gasteiger partial charge on any atom is -0.461 e. The highest BCUT2D eigenvalue weighted by Gasteiger charge is 2.37. The van der Waals surface area contributed by atoms with Crippen LogP contribution < -0.4 is 5.69 Å². The number of nitrogens with one attached hydrogen (secondary N) is 1. The van der Waals surface area contributed by atoms with Crippen molar-refractivity contribution in [1.82, 2.24) is 14.5 Å². The number of hydrogen-bond donors (Lipinski definition) is 1. The topological polar surface area (TPSA) is 67.3 Å². The summed E-state index contributed by atoms with van der Waals surface area (Å²) in [6, 6.07) is 7.95. The lowest BCUT2D eigenvalue weighted by Gasteiger charge is -2.22. The van der Waals surface area contributed by atoms with Crippen molar-refractivity contribution >= 4 is 5.97 Å². The number of rotatable bonds is 2. The van der Waals surface area contributed by atoms with Crippen molar-refractivity contribution in [2.75, 3.05) is 13.2 Å². The molecule has 0 bridgehead atoms. The van der Waals surface area contributed by atoms with Gasteiger partial charge in [-0.25, -0.2) is 9.59 Å². The second-order valence-corrected chi connectivity index (χ2v) is 6.00. The number of hydrogen-bond acceptors (Lipinski definition) is 4. The highest BCUT2D eigenvalue weighted by molar-refractivity contribution is 5.89. The molecule has 4 rings (SSSR count). The first-order valence-electron chi connectivity index (χ1n) is 8.05. The number of esters is 1. The van der Waals surface area contributed by atoms with E-state index >= 15 is 0 Å². The van der Waals surface area contributed by atoms with Crippen molar-refractivity contribution in [2.45, 2.75) is 32.4 Å². The largest absolute Gasteiger partial charge is 0.461 e. The van der Waals surface area contributed by atoms with Gasteiger partial charge in [0, 0.05) is 6.54 Å². The number of nitrogens with zero attached hydrogens (tertiary/aromatic N) is 2. The number of H-pyrrole nitrogens is 1. The molecule has 2 aliphatic heterocycles. The van der Waals surface area contributed by atoms with Crippen LogP contribution in [-0.4, -0.2) is 33.6 Å². The van der Waals surface area contributed by atoms with Gasteiger partial charge >= 0.3 is 11.7 Å². The molecule has 1 saturated heterocycles. The van der Waals surface area contributed by atoms with Crippen LogP contribution in [0.15, 0.2) is 29.1 Å². The molecular weight excluding hydrogens is 294 g/mol.